The van der Waals surface area contributed by atoms with Crippen LogP contribution in [0.4, 0.5) is 13.2 Å². The molecule has 0 amide bonds. The van der Waals surface area contributed by atoms with Gasteiger partial charge in [0, 0.05) is 11.8 Å². The average molecular weight is 334 g/mol. The number of rotatable bonds is 2. The van der Waals surface area contributed by atoms with Crippen LogP contribution >= 0.6 is 0 Å². The second kappa shape index (κ2) is 5.92. The quantitative estimate of drug-likeness (QED) is 0.772. The van der Waals surface area contributed by atoms with Crippen molar-refractivity contribution < 1.29 is 17.9 Å². The molecular formula is C18H17F3N2O. The maximum Gasteiger partial charge on any atom is 0.400 e. The van der Waals surface area contributed by atoms with Gasteiger partial charge in [0.1, 0.15) is 16.9 Å². The molecule has 0 aromatic heterocycles. The molecule has 0 saturated heterocycles. The molecule has 126 valence electrons. The number of alkyl halides is 3. The minimum Gasteiger partial charge on any atom is -0.437 e. The third kappa shape index (κ3) is 2.77. The topological polar surface area (TPSA) is 34.0 Å². The van der Waals surface area contributed by atoms with Gasteiger partial charge in [0.05, 0.1) is 6.54 Å². The lowest BCUT2D eigenvalue weighted by atomic mass is 9.79. The predicted octanol–water partition coefficient (Wildman–Crippen LogP) is 4.69. The Morgan fingerprint density at radius 2 is 1.96 bits per heavy atom. The van der Waals surface area contributed by atoms with Gasteiger partial charge in [-0.25, -0.2) is 4.99 Å². The fraction of sp³-hybridized carbons (Fsp3) is 0.333. The predicted molar refractivity (Wildman–Crippen MR) is 87.9 cm³/mol. The van der Waals surface area contributed by atoms with Crippen LogP contribution in [0.2, 0.25) is 0 Å². The number of allylic oxidation sites excluding steroid dienone is 1. The van der Waals surface area contributed by atoms with Crippen LogP contribution in [0.1, 0.15) is 24.5 Å². The molecule has 0 bridgehead atoms. The zero-order chi connectivity index (χ0) is 17.4. The van der Waals surface area contributed by atoms with E-state index in [1.54, 1.807) is 6.08 Å². The number of hydrogen-bond donors (Lipinski definition) is 0. The zero-order valence-electron chi connectivity index (χ0n) is 13.4. The Morgan fingerprint density at radius 3 is 2.67 bits per heavy atom. The number of ether oxygens (including phenoxy) is 1. The van der Waals surface area contributed by atoms with E-state index >= 15 is 0 Å². The summed E-state index contributed by atoms with van der Waals surface area (Å²) in [5.74, 6) is 0.458. The maximum atomic E-state index is 13.6. The first-order valence-electron chi connectivity index (χ1n) is 7.62. The van der Waals surface area contributed by atoms with Gasteiger partial charge in [-0.15, -0.1) is 0 Å². The van der Waals surface area contributed by atoms with E-state index < -0.39 is 11.6 Å². The highest BCUT2D eigenvalue weighted by molar-refractivity contribution is 6.42. The minimum atomic E-state index is -4.44. The van der Waals surface area contributed by atoms with E-state index in [2.05, 4.69) is 9.98 Å². The van der Waals surface area contributed by atoms with E-state index in [4.69, 9.17) is 4.74 Å². The summed E-state index contributed by atoms with van der Waals surface area (Å²) in [6, 6.07) is 7.55. The second-order valence-corrected chi connectivity index (χ2v) is 6.03. The van der Waals surface area contributed by atoms with Crippen LogP contribution in [-0.4, -0.2) is 24.3 Å². The van der Waals surface area contributed by atoms with Crippen molar-refractivity contribution in [2.24, 2.45) is 15.4 Å². The van der Waals surface area contributed by atoms with Gasteiger partial charge in [-0.2, -0.15) is 13.2 Å². The first kappa shape index (κ1) is 16.5. The van der Waals surface area contributed by atoms with Crippen LogP contribution in [0.25, 0.3) is 5.76 Å². The SMILES string of the molecule is Cc1ccccc1C1=CCN=C(C2=NC=CCC2(C)C(F)(F)F)O1. The molecule has 0 fully saturated rings. The highest BCUT2D eigenvalue weighted by Crippen LogP contribution is 2.45. The standard InChI is InChI=1S/C18H17F3N2O/c1-12-6-3-4-7-13(12)14-8-11-23-16(24-14)15-17(2,18(19,20)21)9-5-10-22-15/h3-8,10H,9,11H2,1-2H3. The maximum absolute atomic E-state index is 13.6. The van der Waals surface area contributed by atoms with Gasteiger partial charge in [0.2, 0.25) is 5.90 Å². The molecule has 1 atom stereocenters. The molecule has 1 aromatic carbocycles. The first-order chi connectivity index (χ1) is 11.3. The summed E-state index contributed by atoms with van der Waals surface area (Å²) in [7, 11) is 0. The van der Waals surface area contributed by atoms with Crippen molar-refractivity contribution in [3.8, 4) is 0 Å². The second-order valence-electron chi connectivity index (χ2n) is 6.03. The lowest BCUT2D eigenvalue weighted by molar-refractivity contribution is -0.190. The van der Waals surface area contributed by atoms with E-state index in [1.165, 1.54) is 12.3 Å². The van der Waals surface area contributed by atoms with Crippen LogP contribution in [0, 0.1) is 12.3 Å². The van der Waals surface area contributed by atoms with Crippen molar-refractivity contribution in [2.45, 2.75) is 26.4 Å². The number of nitrogens with zero attached hydrogens (tertiary/aromatic N) is 2. The Bertz CT molecular complexity index is 775. The van der Waals surface area contributed by atoms with Gasteiger partial charge >= 0.3 is 6.18 Å². The Balaban J connectivity index is 1.93. The zero-order valence-corrected chi connectivity index (χ0v) is 13.4. The fourth-order valence-electron chi connectivity index (χ4n) is 2.72. The van der Waals surface area contributed by atoms with Crippen LogP contribution in [-0.2, 0) is 4.74 Å². The molecule has 0 radical (unpaired) electrons. The normalized spacial score (nSPS) is 24.0. The van der Waals surface area contributed by atoms with Crippen molar-refractivity contribution >= 4 is 17.4 Å². The highest BCUT2D eigenvalue weighted by atomic mass is 19.4. The summed E-state index contributed by atoms with van der Waals surface area (Å²) in [4.78, 5) is 8.08. The van der Waals surface area contributed by atoms with Crippen LogP contribution in [0.3, 0.4) is 0 Å². The summed E-state index contributed by atoms with van der Waals surface area (Å²) in [5, 5.41) is 0. The monoisotopic (exact) mass is 334 g/mol. The van der Waals surface area contributed by atoms with Crippen LogP contribution in [0.15, 0.2) is 52.6 Å². The molecule has 0 spiro atoms. The number of hydrogen-bond acceptors (Lipinski definition) is 3. The highest BCUT2D eigenvalue weighted by Gasteiger charge is 2.56. The third-order valence-corrected chi connectivity index (χ3v) is 4.31. The van der Waals surface area contributed by atoms with E-state index in [1.807, 2.05) is 31.2 Å². The molecule has 0 N–H and O–H groups in total. The smallest absolute Gasteiger partial charge is 0.400 e. The van der Waals surface area contributed by atoms with Crippen molar-refractivity contribution in [1.82, 2.24) is 0 Å². The Kier molecular flexibility index (Phi) is 4.07. The van der Waals surface area contributed by atoms with Crippen molar-refractivity contribution in [3.05, 3.63) is 53.7 Å². The molecule has 2 aliphatic heterocycles. The van der Waals surface area contributed by atoms with Gasteiger partial charge < -0.3 is 4.74 Å². The molecule has 1 unspecified atom stereocenters. The number of aryl methyl sites for hydroxylation is 1. The summed E-state index contributed by atoms with van der Waals surface area (Å²) in [6.07, 6.45) is -0.0670. The number of halogens is 3. The Hall–Kier alpha value is -2.37. The minimum absolute atomic E-state index is 0.0556. The van der Waals surface area contributed by atoms with Crippen LogP contribution in [0.5, 0.6) is 0 Å². The van der Waals surface area contributed by atoms with E-state index in [-0.39, 0.29) is 24.6 Å². The molecular weight excluding hydrogens is 317 g/mol. The third-order valence-electron chi connectivity index (χ3n) is 4.31. The van der Waals surface area contributed by atoms with Crippen molar-refractivity contribution in [2.75, 3.05) is 6.54 Å². The van der Waals surface area contributed by atoms with Crippen molar-refractivity contribution in [3.63, 3.8) is 0 Å². The summed E-state index contributed by atoms with van der Waals surface area (Å²) in [5.41, 5.74) is -0.453. The van der Waals surface area contributed by atoms with Gasteiger partial charge in [0.25, 0.3) is 0 Å². The molecule has 3 nitrogen and oxygen atoms in total. The summed E-state index contributed by atoms with van der Waals surface area (Å²) < 4.78 is 46.5. The number of benzene rings is 1. The molecule has 3 rings (SSSR count). The molecule has 2 aliphatic rings. The lowest BCUT2D eigenvalue weighted by Gasteiger charge is -2.34. The van der Waals surface area contributed by atoms with Crippen LogP contribution < -0.4 is 0 Å². The molecule has 2 heterocycles. The van der Waals surface area contributed by atoms with E-state index in [0.717, 1.165) is 18.1 Å². The van der Waals surface area contributed by atoms with Gasteiger partial charge in [-0.3, -0.25) is 4.99 Å². The van der Waals surface area contributed by atoms with Gasteiger partial charge in [0.15, 0.2) is 0 Å². The lowest BCUT2D eigenvalue weighted by Crippen LogP contribution is -2.47. The fourth-order valence-corrected chi connectivity index (χ4v) is 2.72. The molecule has 0 saturated carbocycles. The summed E-state index contributed by atoms with van der Waals surface area (Å²) >= 11 is 0. The molecule has 0 aliphatic carbocycles. The first-order valence-corrected chi connectivity index (χ1v) is 7.62. The molecule has 24 heavy (non-hydrogen) atoms. The largest absolute Gasteiger partial charge is 0.437 e. The van der Waals surface area contributed by atoms with Crippen molar-refractivity contribution in [1.29, 1.82) is 0 Å². The summed E-state index contributed by atoms with van der Waals surface area (Å²) in [6.45, 7) is 3.31. The average Bonchev–Trinajstić information content (AvgIpc) is 2.55. The number of aliphatic imine (C=N–C) groups is 2. The molecule has 1 aromatic rings. The van der Waals surface area contributed by atoms with E-state index in [9.17, 15) is 13.2 Å². The van der Waals surface area contributed by atoms with E-state index in [0.29, 0.717) is 5.76 Å². The van der Waals surface area contributed by atoms with Gasteiger partial charge in [-0.05, 0) is 31.9 Å². The molecule has 6 heteroatoms. The Labute approximate surface area is 138 Å². The van der Waals surface area contributed by atoms with Gasteiger partial charge in [-0.1, -0.05) is 30.3 Å². The Morgan fingerprint density at radius 1 is 1.21 bits per heavy atom.